The number of hydrogen-bond acceptors (Lipinski definition) is 6. The van der Waals surface area contributed by atoms with E-state index in [2.05, 4.69) is 15.0 Å². The van der Waals surface area contributed by atoms with Crippen LogP contribution in [0.4, 0.5) is 5.82 Å². The number of nitrogens with zero attached hydrogens (tertiary/aromatic N) is 2. The van der Waals surface area contributed by atoms with E-state index in [0.717, 1.165) is 4.88 Å². The molecule has 6 nitrogen and oxygen atoms in total. The van der Waals surface area contributed by atoms with Crippen LogP contribution in [0, 0.1) is 11.3 Å². The molecule has 104 valence electrons. The van der Waals surface area contributed by atoms with Gasteiger partial charge in [0.25, 0.3) is 0 Å². The van der Waals surface area contributed by atoms with Gasteiger partial charge in [0, 0.05) is 11.1 Å². The molecule has 0 aromatic carbocycles. The second-order valence-corrected chi connectivity index (χ2v) is 7.11. The quantitative estimate of drug-likeness (QED) is 0.873. The fourth-order valence-corrected chi connectivity index (χ4v) is 3.57. The summed E-state index contributed by atoms with van der Waals surface area (Å²) in [5, 5.41) is 11.7. The number of thiophene rings is 1. The highest BCUT2D eigenvalue weighted by Crippen LogP contribution is 2.21. The van der Waals surface area contributed by atoms with Gasteiger partial charge < -0.3 is 5.32 Å². The van der Waals surface area contributed by atoms with Crippen molar-refractivity contribution in [2.45, 2.75) is 10.8 Å². The molecule has 0 radical (unpaired) electrons. The van der Waals surface area contributed by atoms with Crippen molar-refractivity contribution in [3.05, 3.63) is 40.9 Å². The van der Waals surface area contributed by atoms with Crippen molar-refractivity contribution in [1.29, 1.82) is 5.26 Å². The Kier molecular flexibility index (Phi) is 4.34. The van der Waals surface area contributed by atoms with Crippen LogP contribution in [0.15, 0.2) is 34.7 Å². The number of nitrogens with one attached hydrogen (secondary N) is 2. The average molecular weight is 308 g/mol. The van der Waals surface area contributed by atoms with Crippen LogP contribution in [0.3, 0.4) is 0 Å². The van der Waals surface area contributed by atoms with E-state index in [9.17, 15) is 8.42 Å². The summed E-state index contributed by atoms with van der Waals surface area (Å²) >= 11 is 1.20. The zero-order valence-electron chi connectivity index (χ0n) is 10.6. The minimum Gasteiger partial charge on any atom is -0.365 e. The number of sulfonamides is 1. The highest BCUT2D eigenvalue weighted by molar-refractivity contribution is 7.91. The summed E-state index contributed by atoms with van der Waals surface area (Å²) in [4.78, 5) is 4.96. The first kappa shape index (κ1) is 14.5. The molecule has 0 saturated heterocycles. The van der Waals surface area contributed by atoms with Gasteiger partial charge >= 0.3 is 0 Å². The van der Waals surface area contributed by atoms with Crippen LogP contribution in [0.2, 0.25) is 0 Å². The minimum atomic E-state index is -3.38. The molecule has 0 amide bonds. The van der Waals surface area contributed by atoms with Crippen molar-refractivity contribution >= 4 is 27.2 Å². The largest absolute Gasteiger partial charge is 0.365 e. The van der Waals surface area contributed by atoms with Crippen molar-refractivity contribution in [2.75, 3.05) is 12.4 Å². The molecule has 2 aromatic rings. The molecule has 0 aliphatic heterocycles. The van der Waals surface area contributed by atoms with Gasteiger partial charge in [0.05, 0.1) is 12.1 Å². The third-order valence-electron chi connectivity index (χ3n) is 2.51. The van der Waals surface area contributed by atoms with Crippen LogP contribution >= 0.6 is 11.3 Å². The third-order valence-corrected chi connectivity index (χ3v) is 5.50. The minimum absolute atomic E-state index is 0.282. The molecule has 0 bridgehead atoms. The lowest BCUT2D eigenvalue weighted by Gasteiger charge is -2.03. The van der Waals surface area contributed by atoms with Gasteiger partial charge in [-0.15, -0.1) is 11.3 Å². The Bertz CT molecular complexity index is 730. The van der Waals surface area contributed by atoms with E-state index in [-0.39, 0.29) is 4.21 Å². The van der Waals surface area contributed by atoms with Gasteiger partial charge in [0.2, 0.25) is 10.0 Å². The third kappa shape index (κ3) is 3.33. The Morgan fingerprint density at radius 3 is 2.75 bits per heavy atom. The normalized spacial score (nSPS) is 11.0. The predicted molar refractivity (Wildman–Crippen MR) is 76.8 cm³/mol. The van der Waals surface area contributed by atoms with Gasteiger partial charge in [-0.25, -0.2) is 18.1 Å². The van der Waals surface area contributed by atoms with E-state index in [1.807, 2.05) is 6.07 Å². The molecule has 0 unspecified atom stereocenters. The molecule has 0 aliphatic rings. The molecule has 2 rings (SSSR count). The van der Waals surface area contributed by atoms with Crippen molar-refractivity contribution < 1.29 is 8.42 Å². The Morgan fingerprint density at radius 1 is 1.35 bits per heavy atom. The maximum Gasteiger partial charge on any atom is 0.249 e. The zero-order valence-corrected chi connectivity index (χ0v) is 12.3. The number of hydrogen-bond donors (Lipinski definition) is 2. The molecule has 0 spiro atoms. The second kappa shape index (κ2) is 6.00. The second-order valence-electron chi connectivity index (χ2n) is 3.83. The number of pyridine rings is 1. The van der Waals surface area contributed by atoms with E-state index in [1.54, 1.807) is 24.3 Å². The van der Waals surface area contributed by atoms with Gasteiger partial charge in [-0.2, -0.15) is 5.26 Å². The lowest BCUT2D eigenvalue weighted by molar-refractivity contribution is 0.590. The van der Waals surface area contributed by atoms with Gasteiger partial charge in [-0.05, 0) is 31.3 Å². The molecule has 0 fully saturated rings. The smallest absolute Gasteiger partial charge is 0.249 e. The Hall–Kier alpha value is -1.95. The van der Waals surface area contributed by atoms with Crippen LogP contribution in [0.5, 0.6) is 0 Å². The summed E-state index contributed by atoms with van der Waals surface area (Å²) in [5.74, 6) is 0.635. The van der Waals surface area contributed by atoms with E-state index >= 15 is 0 Å². The molecule has 2 heterocycles. The van der Waals surface area contributed by atoms with Gasteiger partial charge in [0.1, 0.15) is 16.1 Å². The summed E-state index contributed by atoms with van der Waals surface area (Å²) < 4.78 is 25.7. The molecular formula is C12H12N4O2S2. The SMILES string of the molecule is CNS(=O)(=O)c1ccc(CNc2ccc(C#N)cn2)s1. The Morgan fingerprint density at radius 2 is 2.15 bits per heavy atom. The monoisotopic (exact) mass is 308 g/mol. The van der Waals surface area contributed by atoms with Gasteiger partial charge in [-0.3, -0.25) is 0 Å². The number of rotatable bonds is 5. The number of nitriles is 1. The summed E-state index contributed by atoms with van der Waals surface area (Å²) in [6.07, 6.45) is 1.48. The van der Waals surface area contributed by atoms with Crippen molar-refractivity contribution in [3.63, 3.8) is 0 Å². The molecule has 0 atom stereocenters. The van der Waals surface area contributed by atoms with Crippen molar-refractivity contribution in [1.82, 2.24) is 9.71 Å². The average Bonchev–Trinajstić information content (AvgIpc) is 2.95. The summed E-state index contributed by atoms with van der Waals surface area (Å²) in [6, 6.07) is 8.69. The zero-order chi connectivity index (χ0) is 14.6. The highest BCUT2D eigenvalue weighted by atomic mass is 32.2. The summed E-state index contributed by atoms with van der Waals surface area (Å²) in [6.45, 7) is 0.475. The standard InChI is InChI=1S/C12H12N4O2S2/c1-14-20(17,18)12-5-3-10(19-12)8-16-11-4-2-9(6-13)7-15-11/h2-5,7,14H,8H2,1H3,(H,15,16). The highest BCUT2D eigenvalue weighted by Gasteiger charge is 2.13. The molecule has 8 heteroatoms. The maximum atomic E-state index is 11.6. The van der Waals surface area contributed by atoms with Crippen LogP contribution in [-0.4, -0.2) is 20.4 Å². The molecule has 0 aliphatic carbocycles. The van der Waals surface area contributed by atoms with Crippen LogP contribution in [0.25, 0.3) is 0 Å². The first-order valence-corrected chi connectivity index (χ1v) is 7.97. The van der Waals surface area contributed by atoms with Crippen LogP contribution in [-0.2, 0) is 16.6 Å². The van der Waals surface area contributed by atoms with Gasteiger partial charge in [-0.1, -0.05) is 0 Å². The van der Waals surface area contributed by atoms with Crippen LogP contribution < -0.4 is 10.0 Å². The molecular weight excluding hydrogens is 296 g/mol. The molecule has 0 saturated carbocycles. The first-order valence-electron chi connectivity index (χ1n) is 5.67. The number of anilines is 1. The van der Waals surface area contributed by atoms with E-state index in [4.69, 9.17) is 5.26 Å². The molecule has 2 N–H and O–H groups in total. The van der Waals surface area contributed by atoms with E-state index < -0.39 is 10.0 Å². The van der Waals surface area contributed by atoms with E-state index in [1.165, 1.54) is 24.6 Å². The lowest BCUT2D eigenvalue weighted by atomic mass is 10.3. The first-order chi connectivity index (χ1) is 9.55. The lowest BCUT2D eigenvalue weighted by Crippen LogP contribution is -2.17. The summed E-state index contributed by atoms with van der Waals surface area (Å²) in [7, 11) is -2.00. The van der Waals surface area contributed by atoms with Crippen molar-refractivity contribution in [3.8, 4) is 6.07 Å². The van der Waals surface area contributed by atoms with E-state index in [0.29, 0.717) is 17.9 Å². The fraction of sp³-hybridized carbons (Fsp3) is 0.167. The van der Waals surface area contributed by atoms with Gasteiger partial charge in [0.15, 0.2) is 0 Å². The number of aromatic nitrogens is 1. The predicted octanol–water partition coefficient (Wildman–Crippen LogP) is 1.53. The summed E-state index contributed by atoms with van der Waals surface area (Å²) in [5.41, 5.74) is 0.495. The fourth-order valence-electron chi connectivity index (χ4n) is 1.44. The Balaban J connectivity index is 2.03. The Labute approximate surface area is 121 Å². The van der Waals surface area contributed by atoms with Crippen molar-refractivity contribution in [2.24, 2.45) is 0 Å². The molecule has 2 aromatic heterocycles. The van der Waals surface area contributed by atoms with Crippen LogP contribution in [0.1, 0.15) is 10.4 Å². The topological polar surface area (TPSA) is 94.9 Å². The molecule has 20 heavy (non-hydrogen) atoms. The maximum absolute atomic E-state index is 11.6.